The molecule has 8 nitrogen and oxygen atoms in total. The summed E-state index contributed by atoms with van der Waals surface area (Å²) in [4.78, 5) is 27.3. The summed E-state index contributed by atoms with van der Waals surface area (Å²) in [6, 6.07) is 17.4. The highest BCUT2D eigenvalue weighted by Crippen LogP contribution is 2.20. The average Bonchev–Trinajstić information content (AvgIpc) is 2.78. The first-order valence-electron chi connectivity index (χ1n) is 10.5. The lowest BCUT2D eigenvalue weighted by Gasteiger charge is -2.32. The highest BCUT2D eigenvalue weighted by Gasteiger charge is 2.32. The van der Waals surface area contributed by atoms with E-state index in [1.807, 2.05) is 37.3 Å². The number of nitrogens with zero attached hydrogens (tertiary/aromatic N) is 3. The first kappa shape index (κ1) is 25.4. The minimum atomic E-state index is -3.93. The quantitative estimate of drug-likeness (QED) is 0.555. The second kappa shape index (κ2) is 11.6. The van der Waals surface area contributed by atoms with Gasteiger partial charge in [0.2, 0.25) is 11.8 Å². The van der Waals surface area contributed by atoms with Crippen molar-refractivity contribution in [2.24, 2.45) is 0 Å². The largest absolute Gasteiger partial charge is 0.355 e. The standard InChI is InChI=1S/C23H32N4O4S/c1-5-24-23(29)19(2)26(17-16-20-12-8-6-9-13-20)22(28)18-27(32(30,31)25(3)4)21-14-10-7-11-15-21/h6-15,19H,5,16-18H2,1-4H3,(H,24,29)/t19-/m0/s1. The van der Waals surface area contributed by atoms with Gasteiger partial charge in [-0.15, -0.1) is 0 Å². The van der Waals surface area contributed by atoms with Gasteiger partial charge in [0.15, 0.2) is 0 Å². The van der Waals surface area contributed by atoms with E-state index in [0.717, 1.165) is 14.2 Å². The molecule has 0 aromatic heterocycles. The maximum absolute atomic E-state index is 13.4. The second-order valence-electron chi connectivity index (χ2n) is 7.53. The highest BCUT2D eigenvalue weighted by atomic mass is 32.2. The number of anilines is 1. The highest BCUT2D eigenvalue weighted by molar-refractivity contribution is 7.90. The molecule has 0 heterocycles. The first-order valence-corrected chi connectivity index (χ1v) is 11.9. The van der Waals surface area contributed by atoms with Crippen LogP contribution in [-0.4, -0.2) is 69.2 Å². The van der Waals surface area contributed by atoms with Crippen LogP contribution >= 0.6 is 0 Å². The molecule has 174 valence electrons. The van der Waals surface area contributed by atoms with Gasteiger partial charge < -0.3 is 10.2 Å². The van der Waals surface area contributed by atoms with E-state index in [-0.39, 0.29) is 12.5 Å². The number of amides is 2. The molecule has 0 unspecified atom stereocenters. The van der Waals surface area contributed by atoms with Crippen LogP contribution in [0.3, 0.4) is 0 Å². The Kier molecular flexibility index (Phi) is 9.22. The van der Waals surface area contributed by atoms with Crippen molar-refractivity contribution in [2.75, 3.05) is 38.0 Å². The summed E-state index contributed by atoms with van der Waals surface area (Å²) in [7, 11) is -1.09. The van der Waals surface area contributed by atoms with E-state index in [1.165, 1.54) is 19.0 Å². The molecular weight excluding hydrogens is 428 g/mol. The van der Waals surface area contributed by atoms with Gasteiger partial charge in [-0.3, -0.25) is 9.59 Å². The van der Waals surface area contributed by atoms with Gasteiger partial charge >= 0.3 is 10.2 Å². The van der Waals surface area contributed by atoms with E-state index in [1.54, 1.807) is 37.3 Å². The number of carbonyl (C=O) groups excluding carboxylic acids is 2. The molecule has 2 aromatic rings. The van der Waals surface area contributed by atoms with Gasteiger partial charge in [0, 0.05) is 27.2 Å². The monoisotopic (exact) mass is 460 g/mol. The third-order valence-corrected chi connectivity index (χ3v) is 6.89. The van der Waals surface area contributed by atoms with Crippen molar-refractivity contribution >= 4 is 27.7 Å². The Morgan fingerprint density at radius 1 is 0.969 bits per heavy atom. The van der Waals surface area contributed by atoms with Crippen LogP contribution in [0, 0.1) is 0 Å². The molecule has 32 heavy (non-hydrogen) atoms. The third-order valence-electron chi connectivity index (χ3n) is 5.07. The molecule has 0 spiro atoms. The zero-order chi connectivity index (χ0) is 23.7. The summed E-state index contributed by atoms with van der Waals surface area (Å²) in [5.74, 6) is -0.732. The maximum atomic E-state index is 13.4. The van der Waals surface area contributed by atoms with Crippen molar-refractivity contribution < 1.29 is 18.0 Å². The number of nitrogens with one attached hydrogen (secondary N) is 1. The minimum absolute atomic E-state index is 0.282. The predicted molar refractivity (Wildman–Crippen MR) is 126 cm³/mol. The molecule has 1 atom stereocenters. The fourth-order valence-electron chi connectivity index (χ4n) is 3.20. The Morgan fingerprint density at radius 3 is 2.06 bits per heavy atom. The summed E-state index contributed by atoms with van der Waals surface area (Å²) in [5, 5.41) is 2.74. The lowest BCUT2D eigenvalue weighted by Crippen LogP contribution is -2.53. The molecule has 2 aromatic carbocycles. The summed E-state index contributed by atoms with van der Waals surface area (Å²) >= 11 is 0. The second-order valence-corrected chi connectivity index (χ2v) is 9.59. The van der Waals surface area contributed by atoms with Crippen molar-refractivity contribution in [2.45, 2.75) is 26.3 Å². The van der Waals surface area contributed by atoms with E-state index in [2.05, 4.69) is 5.32 Å². The Balaban J connectivity index is 2.33. The molecule has 0 radical (unpaired) electrons. The first-order chi connectivity index (χ1) is 15.2. The molecule has 0 aliphatic rings. The van der Waals surface area contributed by atoms with Crippen molar-refractivity contribution in [3.05, 3.63) is 66.2 Å². The normalized spacial score (nSPS) is 12.3. The van der Waals surface area contributed by atoms with Crippen LogP contribution in [0.4, 0.5) is 5.69 Å². The molecular formula is C23H32N4O4S. The van der Waals surface area contributed by atoms with E-state index < -0.39 is 28.7 Å². The number of carbonyl (C=O) groups is 2. The van der Waals surface area contributed by atoms with Gasteiger partial charge in [-0.05, 0) is 38.0 Å². The lowest BCUT2D eigenvalue weighted by atomic mass is 10.1. The van der Waals surface area contributed by atoms with Crippen molar-refractivity contribution in [1.82, 2.24) is 14.5 Å². The van der Waals surface area contributed by atoms with Crippen LogP contribution in [-0.2, 0) is 26.2 Å². The number of hydrogen-bond acceptors (Lipinski definition) is 4. The van der Waals surface area contributed by atoms with Crippen LogP contribution in [0.15, 0.2) is 60.7 Å². The fraction of sp³-hybridized carbons (Fsp3) is 0.391. The topological polar surface area (TPSA) is 90.0 Å². The molecule has 0 saturated heterocycles. The Bertz CT molecular complexity index is 982. The van der Waals surface area contributed by atoms with Crippen LogP contribution in [0.25, 0.3) is 0 Å². The minimum Gasteiger partial charge on any atom is -0.355 e. The van der Waals surface area contributed by atoms with Crippen LogP contribution in [0.2, 0.25) is 0 Å². The molecule has 1 N–H and O–H groups in total. The summed E-state index contributed by atoms with van der Waals surface area (Å²) in [6.45, 7) is 3.77. The molecule has 2 amide bonds. The number of hydrogen-bond donors (Lipinski definition) is 1. The van der Waals surface area contributed by atoms with E-state index in [4.69, 9.17) is 0 Å². The van der Waals surface area contributed by atoms with Gasteiger partial charge in [-0.25, -0.2) is 4.31 Å². The van der Waals surface area contributed by atoms with Crippen molar-refractivity contribution in [1.29, 1.82) is 0 Å². The van der Waals surface area contributed by atoms with Gasteiger partial charge in [0.1, 0.15) is 12.6 Å². The van der Waals surface area contributed by atoms with Gasteiger partial charge in [0.25, 0.3) is 0 Å². The SMILES string of the molecule is CCNC(=O)[C@H](C)N(CCc1ccccc1)C(=O)CN(c1ccccc1)S(=O)(=O)N(C)C. The molecule has 0 aliphatic heterocycles. The Hall–Kier alpha value is -2.91. The van der Waals surface area contributed by atoms with Crippen LogP contribution in [0.1, 0.15) is 19.4 Å². The van der Waals surface area contributed by atoms with Gasteiger partial charge in [-0.2, -0.15) is 12.7 Å². The molecule has 0 saturated carbocycles. The zero-order valence-corrected chi connectivity index (χ0v) is 19.9. The number of likely N-dealkylation sites (N-methyl/N-ethyl adjacent to an activating group) is 1. The molecule has 9 heteroatoms. The zero-order valence-electron chi connectivity index (χ0n) is 19.1. The smallest absolute Gasteiger partial charge is 0.304 e. The maximum Gasteiger partial charge on any atom is 0.304 e. The van der Waals surface area contributed by atoms with Gasteiger partial charge in [-0.1, -0.05) is 48.5 Å². The summed E-state index contributed by atoms with van der Waals surface area (Å²) in [5.41, 5.74) is 1.40. The molecule has 0 bridgehead atoms. The van der Waals surface area contributed by atoms with E-state index in [0.29, 0.717) is 18.7 Å². The third kappa shape index (κ3) is 6.54. The van der Waals surface area contributed by atoms with Gasteiger partial charge in [0.05, 0.1) is 5.69 Å². The van der Waals surface area contributed by atoms with E-state index >= 15 is 0 Å². The van der Waals surface area contributed by atoms with Crippen LogP contribution < -0.4 is 9.62 Å². The number of benzene rings is 2. The predicted octanol–water partition coefficient (Wildman–Crippen LogP) is 1.90. The van der Waals surface area contributed by atoms with Crippen molar-refractivity contribution in [3.8, 4) is 0 Å². The fourth-order valence-corrected chi connectivity index (χ4v) is 4.26. The van der Waals surface area contributed by atoms with Crippen LogP contribution in [0.5, 0.6) is 0 Å². The molecule has 0 aliphatic carbocycles. The Morgan fingerprint density at radius 2 is 1.53 bits per heavy atom. The summed E-state index contributed by atoms with van der Waals surface area (Å²) < 4.78 is 28.1. The van der Waals surface area contributed by atoms with E-state index in [9.17, 15) is 18.0 Å². The Labute approximate surface area is 191 Å². The molecule has 2 rings (SSSR count). The van der Waals surface area contributed by atoms with Crippen molar-refractivity contribution in [3.63, 3.8) is 0 Å². The number of para-hydroxylation sites is 1. The number of rotatable bonds is 11. The lowest BCUT2D eigenvalue weighted by molar-refractivity contribution is -0.138. The summed E-state index contributed by atoms with van der Waals surface area (Å²) in [6.07, 6.45) is 0.544. The average molecular weight is 461 g/mol. The molecule has 0 fully saturated rings.